The number of hydrogen-bond acceptors (Lipinski definition) is 6. The van der Waals surface area contributed by atoms with Gasteiger partial charge in [-0.2, -0.15) is 0 Å². The molecule has 0 amide bonds. The van der Waals surface area contributed by atoms with Crippen molar-refractivity contribution in [1.82, 2.24) is 4.98 Å². The highest BCUT2D eigenvalue weighted by Crippen LogP contribution is 2.33. The molecule has 1 aromatic carbocycles. The molecule has 0 fully saturated rings. The fourth-order valence-electron chi connectivity index (χ4n) is 1.94. The van der Waals surface area contributed by atoms with E-state index < -0.39 is 10.9 Å². The molecule has 0 bridgehead atoms. The zero-order chi connectivity index (χ0) is 15.6. The van der Waals surface area contributed by atoms with Gasteiger partial charge < -0.3 is 14.3 Å². The van der Waals surface area contributed by atoms with Crippen LogP contribution in [0.3, 0.4) is 0 Å². The molecule has 2 rings (SSSR count). The van der Waals surface area contributed by atoms with Gasteiger partial charge in [-0.3, -0.25) is 10.1 Å². The average Bonchev–Trinajstić information content (AvgIpc) is 2.82. The topological polar surface area (TPSA) is 116 Å². The third-order valence-electron chi connectivity index (χ3n) is 2.82. The van der Waals surface area contributed by atoms with Gasteiger partial charge in [0, 0.05) is 12.7 Å². The average molecular weight is 292 g/mol. The number of nitro benzene ring substituents is 1. The summed E-state index contributed by atoms with van der Waals surface area (Å²) in [7, 11) is 1.38. The first-order valence-electron chi connectivity index (χ1n) is 5.92. The molecule has 1 N–H and O–H groups in total. The van der Waals surface area contributed by atoms with Crippen molar-refractivity contribution in [3.8, 4) is 11.5 Å². The molecule has 0 saturated heterocycles. The molecule has 2 aromatic rings. The van der Waals surface area contributed by atoms with Gasteiger partial charge in [0.1, 0.15) is 11.3 Å². The number of aryl methyl sites for hydroxylation is 1. The monoisotopic (exact) mass is 292 g/mol. The Morgan fingerprint density at radius 3 is 2.81 bits per heavy atom. The molecule has 0 aliphatic heterocycles. The maximum Gasteiger partial charge on any atom is 0.373 e. The number of carboxylic acid groups (broad SMARTS) is 1. The summed E-state index contributed by atoms with van der Waals surface area (Å²) < 4.78 is 10.0. The number of nitro groups is 1. The van der Waals surface area contributed by atoms with Gasteiger partial charge in [-0.05, 0) is 13.0 Å². The predicted octanol–water partition coefficient (Wildman–Crippen LogP) is 2.40. The number of methoxy groups -OCH3 is 1. The van der Waals surface area contributed by atoms with E-state index in [0.29, 0.717) is 5.56 Å². The minimum Gasteiger partial charge on any atom is -0.475 e. The molecule has 1 aromatic heterocycles. The van der Waals surface area contributed by atoms with Gasteiger partial charge in [-0.1, -0.05) is 12.1 Å². The number of aromatic carboxylic acids is 1. The first-order valence-corrected chi connectivity index (χ1v) is 5.92. The fraction of sp³-hybridized carbons (Fsp3) is 0.231. The van der Waals surface area contributed by atoms with Crippen molar-refractivity contribution < 1.29 is 24.0 Å². The van der Waals surface area contributed by atoms with Gasteiger partial charge in [0.25, 0.3) is 5.69 Å². The Kier molecular flexibility index (Phi) is 3.99. The second kappa shape index (κ2) is 5.71. The second-order valence-corrected chi connectivity index (χ2v) is 4.26. The maximum absolute atomic E-state index is 11.2. The van der Waals surface area contributed by atoms with Gasteiger partial charge in [-0.15, -0.1) is 0 Å². The maximum atomic E-state index is 11.2. The van der Waals surface area contributed by atoms with Crippen molar-refractivity contribution in [3.63, 3.8) is 0 Å². The summed E-state index contributed by atoms with van der Waals surface area (Å²) in [6.45, 7) is 1.52. The molecule has 0 saturated carbocycles. The SMILES string of the molecule is COCc1nc(-c2cccc(C)c2[N+](=O)[O-])oc1C(=O)O. The number of carbonyl (C=O) groups is 1. The summed E-state index contributed by atoms with van der Waals surface area (Å²) in [5, 5.41) is 20.2. The van der Waals surface area contributed by atoms with Crippen molar-refractivity contribution in [3.05, 3.63) is 45.3 Å². The Morgan fingerprint density at radius 1 is 1.52 bits per heavy atom. The summed E-state index contributed by atoms with van der Waals surface area (Å²) >= 11 is 0. The molecule has 0 radical (unpaired) electrons. The Hall–Kier alpha value is -2.74. The largest absolute Gasteiger partial charge is 0.475 e. The number of carboxylic acids is 1. The standard InChI is InChI=1S/C13H12N2O6/c1-7-4-3-5-8(10(7)15(18)19)12-14-9(6-20-2)11(21-12)13(16)17/h3-5H,6H2,1-2H3,(H,16,17). The van der Waals surface area contributed by atoms with E-state index >= 15 is 0 Å². The highest BCUT2D eigenvalue weighted by Gasteiger charge is 2.26. The summed E-state index contributed by atoms with van der Waals surface area (Å²) in [5.74, 6) is -1.81. The van der Waals surface area contributed by atoms with Crippen LogP contribution in [0.2, 0.25) is 0 Å². The zero-order valence-electron chi connectivity index (χ0n) is 11.3. The van der Waals surface area contributed by atoms with E-state index in [0.717, 1.165) is 0 Å². The van der Waals surface area contributed by atoms with Gasteiger partial charge in [0.2, 0.25) is 11.7 Å². The van der Waals surface area contributed by atoms with Crippen LogP contribution in [0.25, 0.3) is 11.5 Å². The van der Waals surface area contributed by atoms with Crippen LogP contribution in [0.4, 0.5) is 5.69 Å². The lowest BCUT2D eigenvalue weighted by atomic mass is 10.1. The number of benzene rings is 1. The number of nitrogens with zero attached hydrogens (tertiary/aromatic N) is 2. The summed E-state index contributed by atoms with van der Waals surface area (Å²) in [5.41, 5.74) is 0.473. The molecular formula is C13H12N2O6. The van der Waals surface area contributed by atoms with Crippen molar-refractivity contribution in [2.24, 2.45) is 0 Å². The van der Waals surface area contributed by atoms with Crippen LogP contribution in [0.1, 0.15) is 21.8 Å². The van der Waals surface area contributed by atoms with E-state index in [1.807, 2.05) is 0 Å². The third kappa shape index (κ3) is 2.75. The molecule has 8 heteroatoms. The zero-order valence-corrected chi connectivity index (χ0v) is 11.3. The van der Waals surface area contributed by atoms with Crippen LogP contribution in [0.15, 0.2) is 22.6 Å². The highest BCUT2D eigenvalue weighted by molar-refractivity contribution is 5.86. The summed E-state index contributed by atoms with van der Waals surface area (Å²) in [4.78, 5) is 25.7. The molecule has 1 heterocycles. The fourth-order valence-corrected chi connectivity index (χ4v) is 1.94. The van der Waals surface area contributed by atoms with Crippen LogP contribution in [0, 0.1) is 17.0 Å². The molecular weight excluding hydrogens is 280 g/mol. The van der Waals surface area contributed by atoms with Crippen LogP contribution in [-0.4, -0.2) is 28.1 Å². The Bertz CT molecular complexity index is 707. The van der Waals surface area contributed by atoms with Gasteiger partial charge >= 0.3 is 5.97 Å². The van der Waals surface area contributed by atoms with Crippen molar-refractivity contribution in [2.45, 2.75) is 13.5 Å². The Balaban J connectivity index is 2.63. The summed E-state index contributed by atoms with van der Waals surface area (Å²) in [6, 6.07) is 4.65. The molecule has 0 spiro atoms. The predicted molar refractivity (Wildman–Crippen MR) is 71.0 cm³/mol. The van der Waals surface area contributed by atoms with Crippen LogP contribution >= 0.6 is 0 Å². The van der Waals surface area contributed by atoms with E-state index in [4.69, 9.17) is 14.3 Å². The Morgan fingerprint density at radius 2 is 2.24 bits per heavy atom. The van der Waals surface area contributed by atoms with E-state index in [-0.39, 0.29) is 35.2 Å². The number of rotatable bonds is 5. The lowest BCUT2D eigenvalue weighted by Crippen LogP contribution is -2.00. The minimum atomic E-state index is -1.31. The molecule has 110 valence electrons. The van der Waals surface area contributed by atoms with E-state index in [1.54, 1.807) is 19.1 Å². The van der Waals surface area contributed by atoms with Crippen LogP contribution < -0.4 is 0 Å². The van der Waals surface area contributed by atoms with E-state index in [1.165, 1.54) is 13.2 Å². The van der Waals surface area contributed by atoms with Gasteiger partial charge in [-0.25, -0.2) is 9.78 Å². The number of para-hydroxylation sites is 1. The molecule has 21 heavy (non-hydrogen) atoms. The van der Waals surface area contributed by atoms with E-state index in [9.17, 15) is 14.9 Å². The lowest BCUT2D eigenvalue weighted by molar-refractivity contribution is -0.384. The van der Waals surface area contributed by atoms with Crippen molar-refractivity contribution in [1.29, 1.82) is 0 Å². The number of ether oxygens (including phenoxy) is 1. The molecule has 0 unspecified atom stereocenters. The first kappa shape index (κ1) is 14.7. The lowest BCUT2D eigenvalue weighted by Gasteiger charge is -2.01. The molecule has 0 aliphatic carbocycles. The highest BCUT2D eigenvalue weighted by atomic mass is 16.6. The second-order valence-electron chi connectivity index (χ2n) is 4.26. The van der Waals surface area contributed by atoms with Gasteiger partial charge in [0.05, 0.1) is 11.5 Å². The number of aromatic nitrogens is 1. The van der Waals surface area contributed by atoms with Crippen LogP contribution in [0.5, 0.6) is 0 Å². The smallest absolute Gasteiger partial charge is 0.373 e. The first-order chi connectivity index (χ1) is 9.95. The van der Waals surface area contributed by atoms with Crippen molar-refractivity contribution >= 4 is 11.7 Å². The molecule has 0 aliphatic rings. The normalized spacial score (nSPS) is 10.6. The minimum absolute atomic E-state index is 0.0647. The third-order valence-corrected chi connectivity index (χ3v) is 2.82. The molecule has 0 atom stereocenters. The van der Waals surface area contributed by atoms with E-state index in [2.05, 4.69) is 4.98 Å². The number of hydrogen-bond donors (Lipinski definition) is 1. The number of oxazole rings is 1. The van der Waals surface area contributed by atoms with Crippen molar-refractivity contribution in [2.75, 3.05) is 7.11 Å². The van der Waals surface area contributed by atoms with Crippen LogP contribution in [-0.2, 0) is 11.3 Å². The molecule has 8 nitrogen and oxygen atoms in total. The van der Waals surface area contributed by atoms with Gasteiger partial charge in [0.15, 0.2) is 0 Å². The summed E-state index contributed by atoms with van der Waals surface area (Å²) in [6.07, 6.45) is 0. The quantitative estimate of drug-likeness (QED) is 0.664. The Labute approximate surface area is 119 Å².